The van der Waals surface area contributed by atoms with Crippen LogP contribution in [0, 0.1) is 13.8 Å². The quantitative estimate of drug-likeness (QED) is 0.328. The summed E-state index contributed by atoms with van der Waals surface area (Å²) in [6, 6.07) is 12.4. The summed E-state index contributed by atoms with van der Waals surface area (Å²) in [6.45, 7) is 7.47. The van der Waals surface area contributed by atoms with Gasteiger partial charge in [0.05, 0.1) is 5.75 Å². The fraction of sp³-hybridized carbons (Fsp3) is 0.292. The zero-order valence-electron chi connectivity index (χ0n) is 18.0. The number of esters is 1. The molecule has 162 valence electrons. The fourth-order valence-electron chi connectivity index (χ4n) is 3.06. The lowest BCUT2D eigenvalue weighted by Crippen LogP contribution is -2.23. The van der Waals surface area contributed by atoms with E-state index in [-0.39, 0.29) is 11.7 Å². The van der Waals surface area contributed by atoms with Crippen molar-refractivity contribution in [2.45, 2.75) is 39.4 Å². The maximum absolute atomic E-state index is 12.6. The zero-order chi connectivity index (χ0) is 22.5. The number of hydrogen-bond acceptors (Lipinski definition) is 6. The molecule has 1 aromatic heterocycles. The molecule has 1 N–H and O–H groups in total. The Hall–Kier alpha value is -3.06. The lowest BCUT2D eigenvalue weighted by Gasteiger charge is -2.14. The first-order chi connectivity index (χ1) is 14.8. The van der Waals surface area contributed by atoms with Crippen molar-refractivity contribution in [1.82, 2.24) is 0 Å². The Morgan fingerprint density at radius 2 is 1.84 bits per heavy atom. The standard InChI is InChI=1S/C24H25NO5S/c1-5-17-11-19-15(3)10-23(27)29-21(19)12-20(17)30-24(28)16(4)31-13-22(26)25-18-8-6-14(2)7-9-18/h6-12,16H,5,13H2,1-4H3,(H,25,26). The second kappa shape index (κ2) is 9.83. The first-order valence-electron chi connectivity index (χ1n) is 10.0. The highest BCUT2D eigenvalue weighted by Gasteiger charge is 2.20. The number of hydrogen-bond donors (Lipinski definition) is 1. The van der Waals surface area contributed by atoms with Crippen LogP contribution in [0.15, 0.2) is 51.7 Å². The summed E-state index contributed by atoms with van der Waals surface area (Å²) in [5.74, 6) is -0.162. The van der Waals surface area contributed by atoms with Crippen molar-refractivity contribution in [3.05, 3.63) is 69.6 Å². The summed E-state index contributed by atoms with van der Waals surface area (Å²) in [7, 11) is 0. The lowest BCUT2D eigenvalue weighted by atomic mass is 10.1. The van der Waals surface area contributed by atoms with Crippen LogP contribution < -0.4 is 15.7 Å². The number of carbonyl (C=O) groups is 2. The van der Waals surface area contributed by atoms with Crippen molar-refractivity contribution < 1.29 is 18.7 Å². The first kappa shape index (κ1) is 22.6. The van der Waals surface area contributed by atoms with Crippen molar-refractivity contribution in [3.63, 3.8) is 0 Å². The topological polar surface area (TPSA) is 85.6 Å². The molecule has 0 aliphatic carbocycles. The Morgan fingerprint density at radius 1 is 1.13 bits per heavy atom. The summed E-state index contributed by atoms with van der Waals surface area (Å²) in [6.07, 6.45) is 0.650. The molecule has 0 saturated heterocycles. The Morgan fingerprint density at radius 3 is 2.52 bits per heavy atom. The molecular weight excluding hydrogens is 414 g/mol. The SMILES string of the molecule is CCc1cc2c(C)cc(=O)oc2cc1OC(=O)C(C)SCC(=O)Nc1ccc(C)cc1. The molecule has 1 atom stereocenters. The van der Waals surface area contributed by atoms with Crippen LogP contribution in [0.2, 0.25) is 0 Å². The van der Waals surface area contributed by atoms with Gasteiger partial charge in [-0.05, 0) is 56.5 Å². The molecular formula is C24H25NO5S. The minimum Gasteiger partial charge on any atom is -0.425 e. The highest BCUT2D eigenvalue weighted by atomic mass is 32.2. The number of aryl methyl sites for hydroxylation is 3. The molecule has 1 amide bonds. The van der Waals surface area contributed by atoms with Gasteiger partial charge >= 0.3 is 11.6 Å². The Kier molecular flexibility index (Phi) is 7.17. The van der Waals surface area contributed by atoms with Gasteiger partial charge in [0.25, 0.3) is 0 Å². The van der Waals surface area contributed by atoms with Crippen LogP contribution in [-0.4, -0.2) is 22.9 Å². The number of ether oxygens (including phenoxy) is 1. The number of fused-ring (bicyclic) bond motifs is 1. The van der Waals surface area contributed by atoms with Crippen molar-refractivity contribution in [2.24, 2.45) is 0 Å². The molecule has 1 heterocycles. The second-order valence-corrected chi connectivity index (χ2v) is 8.68. The van der Waals surface area contributed by atoms with Crippen LogP contribution in [0.25, 0.3) is 11.0 Å². The largest absolute Gasteiger partial charge is 0.425 e. The first-order valence-corrected chi connectivity index (χ1v) is 11.1. The van der Waals surface area contributed by atoms with Gasteiger partial charge in [0.1, 0.15) is 16.6 Å². The molecule has 3 rings (SSSR count). The Balaban J connectivity index is 1.64. The number of thioether (sulfide) groups is 1. The van der Waals surface area contributed by atoms with Crippen molar-refractivity contribution >= 4 is 40.3 Å². The third-order valence-corrected chi connectivity index (χ3v) is 5.98. The van der Waals surface area contributed by atoms with Gasteiger partial charge in [-0.15, -0.1) is 11.8 Å². The molecule has 0 spiro atoms. The van der Waals surface area contributed by atoms with Crippen molar-refractivity contribution in [2.75, 3.05) is 11.1 Å². The van der Waals surface area contributed by atoms with E-state index in [0.29, 0.717) is 23.4 Å². The average Bonchev–Trinajstić information content (AvgIpc) is 2.73. The van der Waals surface area contributed by atoms with Crippen LogP contribution in [0.5, 0.6) is 5.75 Å². The number of amides is 1. The van der Waals surface area contributed by atoms with Gasteiger partial charge in [-0.3, -0.25) is 9.59 Å². The molecule has 6 nitrogen and oxygen atoms in total. The fourth-order valence-corrected chi connectivity index (χ4v) is 3.71. The van der Waals surface area contributed by atoms with Gasteiger partial charge < -0.3 is 14.5 Å². The molecule has 31 heavy (non-hydrogen) atoms. The van der Waals surface area contributed by atoms with Gasteiger partial charge in [0.2, 0.25) is 5.91 Å². The normalized spacial score (nSPS) is 11.9. The molecule has 2 aromatic carbocycles. The number of carbonyl (C=O) groups excluding carboxylic acids is 2. The summed E-state index contributed by atoms with van der Waals surface area (Å²) in [5, 5.41) is 3.07. The van der Waals surface area contributed by atoms with Crippen molar-refractivity contribution in [1.29, 1.82) is 0 Å². The van der Waals surface area contributed by atoms with E-state index in [2.05, 4.69) is 5.32 Å². The van der Waals surface area contributed by atoms with E-state index >= 15 is 0 Å². The summed E-state index contributed by atoms with van der Waals surface area (Å²) in [4.78, 5) is 36.4. The number of nitrogens with one attached hydrogen (secondary N) is 1. The van der Waals surface area contributed by atoms with Gasteiger partial charge in [-0.25, -0.2) is 4.79 Å². The summed E-state index contributed by atoms with van der Waals surface area (Å²) < 4.78 is 10.9. The number of anilines is 1. The van der Waals surface area contributed by atoms with E-state index in [4.69, 9.17) is 9.15 Å². The summed E-state index contributed by atoms with van der Waals surface area (Å²) in [5.41, 5.74) is 3.40. The number of benzene rings is 2. The van der Waals surface area contributed by atoms with E-state index in [1.54, 1.807) is 13.0 Å². The highest BCUT2D eigenvalue weighted by Crippen LogP contribution is 2.28. The summed E-state index contributed by atoms with van der Waals surface area (Å²) >= 11 is 1.20. The average molecular weight is 440 g/mol. The van der Waals surface area contributed by atoms with Gasteiger partial charge in [-0.2, -0.15) is 0 Å². The van der Waals surface area contributed by atoms with Crippen LogP contribution in [0.1, 0.15) is 30.5 Å². The number of rotatable bonds is 7. The molecule has 3 aromatic rings. The molecule has 0 bridgehead atoms. The maximum atomic E-state index is 12.6. The minimum absolute atomic E-state index is 0.122. The van der Waals surface area contributed by atoms with Crippen LogP contribution >= 0.6 is 11.8 Å². The van der Waals surface area contributed by atoms with Crippen LogP contribution in [0.4, 0.5) is 5.69 Å². The third-order valence-electron chi connectivity index (χ3n) is 4.86. The predicted octanol–water partition coefficient (Wildman–Crippen LogP) is 4.64. The van der Waals surface area contributed by atoms with Crippen LogP contribution in [0.3, 0.4) is 0 Å². The Labute approximate surface area is 185 Å². The molecule has 1 unspecified atom stereocenters. The van der Waals surface area contributed by atoms with E-state index < -0.39 is 16.8 Å². The van der Waals surface area contributed by atoms with Crippen molar-refractivity contribution in [3.8, 4) is 5.75 Å². The molecule has 0 fully saturated rings. The van der Waals surface area contributed by atoms with Gasteiger partial charge in [0.15, 0.2) is 0 Å². The predicted molar refractivity (Wildman–Crippen MR) is 124 cm³/mol. The monoisotopic (exact) mass is 439 g/mol. The van der Waals surface area contributed by atoms with Gasteiger partial charge in [0, 0.05) is 23.2 Å². The maximum Gasteiger partial charge on any atom is 0.336 e. The van der Waals surface area contributed by atoms with E-state index in [1.165, 1.54) is 17.8 Å². The molecule has 0 aliphatic heterocycles. The third kappa shape index (κ3) is 5.76. The highest BCUT2D eigenvalue weighted by molar-refractivity contribution is 8.01. The molecule has 0 aliphatic rings. The van der Waals surface area contributed by atoms with E-state index in [1.807, 2.05) is 51.1 Å². The lowest BCUT2D eigenvalue weighted by molar-refractivity contribution is -0.133. The second-order valence-electron chi connectivity index (χ2n) is 7.35. The molecule has 0 radical (unpaired) electrons. The minimum atomic E-state index is -0.548. The Bertz CT molecular complexity index is 1170. The van der Waals surface area contributed by atoms with Gasteiger partial charge in [-0.1, -0.05) is 24.6 Å². The van der Waals surface area contributed by atoms with E-state index in [0.717, 1.165) is 22.1 Å². The molecule has 0 saturated carbocycles. The molecule has 7 heteroatoms. The zero-order valence-corrected chi connectivity index (χ0v) is 18.8. The van der Waals surface area contributed by atoms with E-state index in [9.17, 15) is 14.4 Å². The smallest absolute Gasteiger partial charge is 0.336 e. The van der Waals surface area contributed by atoms with Crippen LogP contribution in [-0.2, 0) is 16.0 Å².